The van der Waals surface area contributed by atoms with Gasteiger partial charge in [0.05, 0.1) is 17.9 Å². The lowest BCUT2D eigenvalue weighted by molar-refractivity contribution is 0.498. The second-order valence-corrected chi connectivity index (χ2v) is 6.00. The van der Waals surface area contributed by atoms with Gasteiger partial charge in [-0.05, 0) is 11.6 Å². The van der Waals surface area contributed by atoms with E-state index in [9.17, 15) is 0 Å². The summed E-state index contributed by atoms with van der Waals surface area (Å²) >= 11 is 6.20. The largest absolute Gasteiger partial charge is 0.325 e. The van der Waals surface area contributed by atoms with Crippen LogP contribution >= 0.6 is 11.6 Å². The molecule has 0 bridgehead atoms. The van der Waals surface area contributed by atoms with Crippen LogP contribution in [0.25, 0.3) is 0 Å². The monoisotopic (exact) mass is 278 g/mol. The summed E-state index contributed by atoms with van der Waals surface area (Å²) in [6, 6.07) is 7.77. The molecule has 0 atom stereocenters. The van der Waals surface area contributed by atoms with E-state index < -0.39 is 0 Å². The number of hydrogen-bond donors (Lipinski definition) is 1. The topological polar surface area (TPSA) is 56.7 Å². The van der Waals surface area contributed by atoms with Crippen molar-refractivity contribution in [1.29, 1.82) is 0 Å². The number of aromatic nitrogens is 3. The van der Waals surface area contributed by atoms with E-state index in [0.29, 0.717) is 13.1 Å². The summed E-state index contributed by atoms with van der Waals surface area (Å²) in [4.78, 5) is 0. The minimum absolute atomic E-state index is 0.0561. The van der Waals surface area contributed by atoms with Gasteiger partial charge in [0.25, 0.3) is 0 Å². The SMILES string of the molecule is CC(C)(C)c1c(CN)nnn1Cc1ccccc1Cl. The minimum atomic E-state index is -0.0561. The van der Waals surface area contributed by atoms with E-state index in [-0.39, 0.29) is 5.41 Å². The number of hydrogen-bond acceptors (Lipinski definition) is 3. The molecule has 2 rings (SSSR count). The predicted octanol–water partition coefficient (Wildman–Crippen LogP) is 2.74. The molecule has 102 valence electrons. The van der Waals surface area contributed by atoms with Crippen LogP contribution in [0.1, 0.15) is 37.7 Å². The Morgan fingerprint density at radius 1 is 1.26 bits per heavy atom. The Labute approximate surface area is 118 Å². The van der Waals surface area contributed by atoms with E-state index in [2.05, 4.69) is 31.1 Å². The Morgan fingerprint density at radius 2 is 1.95 bits per heavy atom. The second-order valence-electron chi connectivity index (χ2n) is 5.59. The molecule has 2 aromatic rings. The summed E-state index contributed by atoms with van der Waals surface area (Å²) in [5.74, 6) is 0. The molecule has 0 saturated carbocycles. The fourth-order valence-corrected chi connectivity index (χ4v) is 2.40. The first kappa shape index (κ1) is 14.0. The third-order valence-corrected chi connectivity index (χ3v) is 3.36. The van der Waals surface area contributed by atoms with Crippen LogP contribution in [-0.2, 0) is 18.5 Å². The van der Waals surface area contributed by atoms with Crippen LogP contribution < -0.4 is 5.73 Å². The van der Waals surface area contributed by atoms with E-state index in [4.69, 9.17) is 17.3 Å². The van der Waals surface area contributed by atoms with Crippen molar-refractivity contribution in [3.63, 3.8) is 0 Å². The standard InChI is InChI=1S/C14H19ClN4/c1-14(2,3)13-12(8-16)17-18-19(13)9-10-6-4-5-7-11(10)15/h4-7H,8-9,16H2,1-3H3. The van der Waals surface area contributed by atoms with E-state index in [1.54, 1.807) is 0 Å². The maximum Gasteiger partial charge on any atom is 0.1000 e. The Morgan fingerprint density at radius 3 is 2.53 bits per heavy atom. The van der Waals surface area contributed by atoms with Gasteiger partial charge >= 0.3 is 0 Å². The highest BCUT2D eigenvalue weighted by Gasteiger charge is 2.24. The van der Waals surface area contributed by atoms with Crippen molar-refractivity contribution in [2.45, 2.75) is 39.3 Å². The molecule has 0 fully saturated rings. The lowest BCUT2D eigenvalue weighted by atomic mass is 9.90. The summed E-state index contributed by atoms with van der Waals surface area (Å²) in [5.41, 5.74) is 8.63. The van der Waals surface area contributed by atoms with Gasteiger partial charge in [0.2, 0.25) is 0 Å². The zero-order chi connectivity index (χ0) is 14.0. The first-order valence-electron chi connectivity index (χ1n) is 6.30. The molecule has 5 heteroatoms. The average Bonchev–Trinajstić information content (AvgIpc) is 2.75. The summed E-state index contributed by atoms with van der Waals surface area (Å²) in [6.07, 6.45) is 0. The van der Waals surface area contributed by atoms with Crippen molar-refractivity contribution in [3.05, 3.63) is 46.2 Å². The zero-order valence-electron chi connectivity index (χ0n) is 11.5. The fraction of sp³-hybridized carbons (Fsp3) is 0.429. The summed E-state index contributed by atoms with van der Waals surface area (Å²) in [5, 5.41) is 9.13. The predicted molar refractivity (Wildman–Crippen MR) is 77.2 cm³/mol. The number of benzene rings is 1. The smallest absolute Gasteiger partial charge is 0.1000 e. The molecule has 0 aliphatic carbocycles. The molecule has 0 amide bonds. The highest BCUT2D eigenvalue weighted by molar-refractivity contribution is 6.31. The molecule has 19 heavy (non-hydrogen) atoms. The number of rotatable bonds is 3. The first-order chi connectivity index (χ1) is 8.93. The first-order valence-corrected chi connectivity index (χ1v) is 6.67. The Balaban J connectivity index is 2.42. The molecular formula is C14H19ClN4. The highest BCUT2D eigenvalue weighted by Crippen LogP contribution is 2.26. The zero-order valence-corrected chi connectivity index (χ0v) is 12.3. The molecule has 1 aromatic heterocycles. The van der Waals surface area contributed by atoms with Gasteiger partial charge in [-0.3, -0.25) is 0 Å². The highest BCUT2D eigenvalue weighted by atomic mass is 35.5. The maximum absolute atomic E-state index is 6.20. The molecule has 1 heterocycles. The van der Waals surface area contributed by atoms with Crippen LogP contribution in [0.3, 0.4) is 0 Å². The minimum Gasteiger partial charge on any atom is -0.325 e. The van der Waals surface area contributed by atoms with Gasteiger partial charge in [0.1, 0.15) is 0 Å². The van der Waals surface area contributed by atoms with Gasteiger partial charge < -0.3 is 5.73 Å². The van der Waals surface area contributed by atoms with Gasteiger partial charge in [-0.25, -0.2) is 4.68 Å². The third-order valence-electron chi connectivity index (χ3n) is 2.99. The number of nitrogens with two attached hydrogens (primary N) is 1. The maximum atomic E-state index is 6.20. The van der Waals surface area contributed by atoms with Gasteiger partial charge in [-0.1, -0.05) is 55.8 Å². The molecule has 0 radical (unpaired) electrons. The van der Waals surface area contributed by atoms with Crippen LogP contribution in [0, 0.1) is 0 Å². The van der Waals surface area contributed by atoms with E-state index >= 15 is 0 Å². The van der Waals surface area contributed by atoms with Crippen molar-refractivity contribution in [1.82, 2.24) is 15.0 Å². The molecule has 2 N–H and O–H groups in total. The van der Waals surface area contributed by atoms with Crippen LogP contribution in [-0.4, -0.2) is 15.0 Å². The molecule has 0 aliphatic heterocycles. The molecular weight excluding hydrogens is 260 g/mol. The van der Waals surface area contributed by atoms with Crippen LogP contribution in [0.15, 0.2) is 24.3 Å². The summed E-state index contributed by atoms with van der Waals surface area (Å²) < 4.78 is 1.89. The summed E-state index contributed by atoms with van der Waals surface area (Å²) in [7, 11) is 0. The number of nitrogens with zero attached hydrogens (tertiary/aromatic N) is 3. The summed E-state index contributed by atoms with van der Waals surface area (Å²) in [6.45, 7) is 7.41. The fourth-order valence-electron chi connectivity index (χ4n) is 2.21. The Kier molecular flexibility index (Phi) is 3.92. The van der Waals surface area contributed by atoms with Crippen molar-refractivity contribution < 1.29 is 0 Å². The van der Waals surface area contributed by atoms with Crippen LogP contribution in [0.2, 0.25) is 5.02 Å². The van der Waals surface area contributed by atoms with Crippen molar-refractivity contribution in [2.24, 2.45) is 5.73 Å². The van der Waals surface area contributed by atoms with Crippen molar-refractivity contribution in [3.8, 4) is 0 Å². The lowest BCUT2D eigenvalue weighted by Crippen LogP contribution is -2.21. The second kappa shape index (κ2) is 5.31. The molecule has 4 nitrogen and oxygen atoms in total. The average molecular weight is 279 g/mol. The van der Waals surface area contributed by atoms with Crippen molar-refractivity contribution >= 4 is 11.6 Å². The van der Waals surface area contributed by atoms with Crippen LogP contribution in [0.5, 0.6) is 0 Å². The normalized spacial score (nSPS) is 11.8. The van der Waals surface area contributed by atoms with Gasteiger partial charge in [-0.2, -0.15) is 0 Å². The van der Waals surface area contributed by atoms with Gasteiger partial charge in [0.15, 0.2) is 0 Å². The number of halogens is 1. The molecule has 0 aliphatic rings. The van der Waals surface area contributed by atoms with E-state index in [0.717, 1.165) is 22.0 Å². The van der Waals surface area contributed by atoms with Gasteiger partial charge in [0, 0.05) is 17.0 Å². The Hall–Kier alpha value is -1.39. The van der Waals surface area contributed by atoms with E-state index in [1.807, 2.05) is 28.9 Å². The van der Waals surface area contributed by atoms with Crippen molar-refractivity contribution in [2.75, 3.05) is 0 Å². The Bertz CT molecular complexity index is 569. The van der Waals surface area contributed by atoms with Crippen LogP contribution in [0.4, 0.5) is 0 Å². The lowest BCUT2D eigenvalue weighted by Gasteiger charge is -2.21. The third kappa shape index (κ3) is 2.96. The van der Waals surface area contributed by atoms with E-state index in [1.165, 1.54) is 0 Å². The molecule has 0 spiro atoms. The molecule has 1 aromatic carbocycles. The quantitative estimate of drug-likeness (QED) is 0.939. The molecule has 0 saturated heterocycles. The van der Waals surface area contributed by atoms with Gasteiger partial charge in [-0.15, -0.1) is 5.10 Å². The molecule has 0 unspecified atom stereocenters.